The maximum atomic E-state index is 3.48. The van der Waals surface area contributed by atoms with E-state index in [0.717, 1.165) is 6.04 Å². The molecule has 0 radical (unpaired) electrons. The Balaban J connectivity index is 1.48. The third-order valence-electron chi connectivity index (χ3n) is 5.67. The van der Waals surface area contributed by atoms with Crippen molar-refractivity contribution in [2.45, 2.75) is 58.0 Å². The summed E-state index contributed by atoms with van der Waals surface area (Å²) < 4.78 is 0. The first-order valence-corrected chi connectivity index (χ1v) is 8.18. The summed E-state index contributed by atoms with van der Waals surface area (Å²) in [6.45, 7) is 14.9. The lowest BCUT2D eigenvalue weighted by Gasteiger charge is -2.58. The molecule has 0 bridgehead atoms. The molecule has 3 heteroatoms. The molecule has 0 aromatic carbocycles. The number of hydrogen-bond acceptors (Lipinski definition) is 3. The van der Waals surface area contributed by atoms with E-state index in [0.29, 0.717) is 11.0 Å². The fraction of sp³-hybridized carbons (Fsp3) is 1.00. The van der Waals surface area contributed by atoms with Crippen LogP contribution in [0.5, 0.6) is 0 Å². The number of likely N-dealkylation sites (tertiary alicyclic amines) is 2. The Morgan fingerprint density at radius 2 is 1.58 bits per heavy atom. The average molecular weight is 265 g/mol. The lowest BCUT2D eigenvalue weighted by Crippen LogP contribution is -2.65. The molecule has 1 spiro atoms. The van der Waals surface area contributed by atoms with Gasteiger partial charge < -0.3 is 5.32 Å². The van der Waals surface area contributed by atoms with Crippen molar-refractivity contribution >= 4 is 0 Å². The van der Waals surface area contributed by atoms with Crippen molar-refractivity contribution in [3.63, 3.8) is 0 Å². The molecule has 3 nitrogen and oxygen atoms in total. The molecule has 3 rings (SSSR count). The van der Waals surface area contributed by atoms with Crippen LogP contribution in [0.25, 0.3) is 0 Å². The van der Waals surface area contributed by atoms with Gasteiger partial charge in [-0.05, 0) is 78.0 Å². The zero-order valence-corrected chi connectivity index (χ0v) is 13.0. The molecule has 0 aromatic rings. The summed E-state index contributed by atoms with van der Waals surface area (Å²) in [6.07, 6.45) is 5.58. The van der Waals surface area contributed by atoms with Crippen molar-refractivity contribution in [3.8, 4) is 0 Å². The Kier molecular flexibility index (Phi) is 3.65. The fourth-order valence-corrected chi connectivity index (χ4v) is 4.21. The highest BCUT2D eigenvalue weighted by Crippen LogP contribution is 2.43. The van der Waals surface area contributed by atoms with E-state index in [4.69, 9.17) is 0 Å². The van der Waals surface area contributed by atoms with Crippen molar-refractivity contribution in [1.82, 2.24) is 15.1 Å². The first kappa shape index (κ1) is 13.8. The fourth-order valence-electron chi connectivity index (χ4n) is 4.21. The Bertz CT molecular complexity index is 298. The number of nitrogens with one attached hydrogen (secondary N) is 1. The van der Waals surface area contributed by atoms with Gasteiger partial charge in [-0.25, -0.2) is 0 Å². The third kappa shape index (κ3) is 2.84. The zero-order chi connectivity index (χ0) is 13.5. The van der Waals surface area contributed by atoms with Crippen LogP contribution in [0.2, 0.25) is 0 Å². The van der Waals surface area contributed by atoms with Gasteiger partial charge in [0.1, 0.15) is 0 Å². The SMILES string of the molecule is CC(C)(C)N1CCC2(CC1)CN(C1CCNCC1)C2. The molecule has 0 unspecified atom stereocenters. The maximum Gasteiger partial charge on any atom is 0.0125 e. The lowest BCUT2D eigenvalue weighted by atomic mass is 9.70. The average Bonchev–Trinajstić information content (AvgIpc) is 2.36. The van der Waals surface area contributed by atoms with Crippen LogP contribution in [0.3, 0.4) is 0 Å². The minimum Gasteiger partial charge on any atom is -0.317 e. The molecule has 1 N–H and O–H groups in total. The quantitative estimate of drug-likeness (QED) is 0.781. The van der Waals surface area contributed by atoms with Gasteiger partial charge in [0.2, 0.25) is 0 Å². The maximum absolute atomic E-state index is 3.48. The van der Waals surface area contributed by atoms with Gasteiger partial charge in [0, 0.05) is 24.7 Å². The Morgan fingerprint density at radius 1 is 1.00 bits per heavy atom. The van der Waals surface area contributed by atoms with E-state index in [-0.39, 0.29) is 0 Å². The van der Waals surface area contributed by atoms with Crippen molar-refractivity contribution in [1.29, 1.82) is 0 Å². The molecular formula is C16H31N3. The number of hydrogen-bond donors (Lipinski definition) is 1. The van der Waals surface area contributed by atoms with Gasteiger partial charge in [-0.15, -0.1) is 0 Å². The minimum atomic E-state index is 0.361. The summed E-state index contributed by atoms with van der Waals surface area (Å²) in [7, 11) is 0. The van der Waals surface area contributed by atoms with E-state index in [1.54, 1.807) is 0 Å². The summed E-state index contributed by atoms with van der Waals surface area (Å²) in [5.41, 5.74) is 1.05. The highest BCUT2D eigenvalue weighted by Gasteiger charge is 2.47. The van der Waals surface area contributed by atoms with E-state index in [2.05, 4.69) is 35.9 Å². The largest absolute Gasteiger partial charge is 0.317 e. The third-order valence-corrected chi connectivity index (χ3v) is 5.67. The second-order valence-electron chi connectivity index (χ2n) is 8.04. The van der Waals surface area contributed by atoms with Gasteiger partial charge in [-0.1, -0.05) is 0 Å². The molecule has 3 aliphatic rings. The standard InChI is InChI=1S/C16H31N3/c1-15(2,3)19-10-6-16(7-11-19)12-18(13-16)14-4-8-17-9-5-14/h14,17H,4-13H2,1-3H3. The molecule has 3 heterocycles. The van der Waals surface area contributed by atoms with Crippen LogP contribution in [-0.2, 0) is 0 Å². The highest BCUT2D eigenvalue weighted by molar-refractivity contribution is 5.01. The second kappa shape index (κ2) is 5.01. The van der Waals surface area contributed by atoms with Crippen LogP contribution in [0.15, 0.2) is 0 Å². The predicted octanol–water partition coefficient (Wildman–Crippen LogP) is 1.93. The molecule has 3 saturated heterocycles. The molecule has 110 valence electrons. The van der Waals surface area contributed by atoms with E-state index in [1.807, 2.05) is 0 Å². The highest BCUT2D eigenvalue weighted by atomic mass is 15.3. The molecule has 0 aliphatic carbocycles. The normalized spacial score (nSPS) is 30.5. The lowest BCUT2D eigenvalue weighted by molar-refractivity contribution is -0.0853. The van der Waals surface area contributed by atoms with Crippen LogP contribution < -0.4 is 5.32 Å². The molecule has 0 saturated carbocycles. The van der Waals surface area contributed by atoms with Gasteiger partial charge in [0.05, 0.1) is 0 Å². The summed E-state index contributed by atoms with van der Waals surface area (Å²) in [6, 6.07) is 0.882. The summed E-state index contributed by atoms with van der Waals surface area (Å²) in [5, 5.41) is 3.48. The van der Waals surface area contributed by atoms with Crippen LogP contribution in [-0.4, -0.2) is 60.6 Å². The van der Waals surface area contributed by atoms with Crippen LogP contribution >= 0.6 is 0 Å². The van der Waals surface area contributed by atoms with Crippen molar-refractivity contribution in [2.24, 2.45) is 5.41 Å². The minimum absolute atomic E-state index is 0.361. The second-order valence-corrected chi connectivity index (χ2v) is 8.04. The Morgan fingerprint density at radius 3 is 2.11 bits per heavy atom. The van der Waals surface area contributed by atoms with Gasteiger partial charge in [0.15, 0.2) is 0 Å². The summed E-state index contributed by atoms with van der Waals surface area (Å²) in [4.78, 5) is 5.44. The molecular weight excluding hydrogens is 234 g/mol. The van der Waals surface area contributed by atoms with Gasteiger partial charge in [-0.2, -0.15) is 0 Å². The predicted molar refractivity (Wildman–Crippen MR) is 80.5 cm³/mol. The van der Waals surface area contributed by atoms with E-state index >= 15 is 0 Å². The monoisotopic (exact) mass is 265 g/mol. The first-order chi connectivity index (χ1) is 8.99. The summed E-state index contributed by atoms with van der Waals surface area (Å²) >= 11 is 0. The van der Waals surface area contributed by atoms with Crippen molar-refractivity contribution in [2.75, 3.05) is 39.3 Å². The molecule has 0 amide bonds. The topological polar surface area (TPSA) is 18.5 Å². The molecule has 0 atom stereocenters. The van der Waals surface area contributed by atoms with Crippen LogP contribution in [0.1, 0.15) is 46.5 Å². The Hall–Kier alpha value is -0.120. The van der Waals surface area contributed by atoms with E-state index in [1.165, 1.54) is 65.0 Å². The van der Waals surface area contributed by atoms with Crippen molar-refractivity contribution < 1.29 is 0 Å². The van der Waals surface area contributed by atoms with E-state index < -0.39 is 0 Å². The van der Waals surface area contributed by atoms with Crippen LogP contribution in [0.4, 0.5) is 0 Å². The molecule has 3 fully saturated rings. The summed E-state index contributed by atoms with van der Waals surface area (Å²) in [5.74, 6) is 0. The zero-order valence-electron chi connectivity index (χ0n) is 13.0. The molecule has 0 aromatic heterocycles. The first-order valence-electron chi connectivity index (χ1n) is 8.18. The van der Waals surface area contributed by atoms with E-state index in [9.17, 15) is 0 Å². The smallest absolute Gasteiger partial charge is 0.0125 e. The van der Waals surface area contributed by atoms with Gasteiger partial charge >= 0.3 is 0 Å². The number of nitrogens with zero attached hydrogens (tertiary/aromatic N) is 2. The number of piperidine rings is 2. The molecule has 19 heavy (non-hydrogen) atoms. The van der Waals surface area contributed by atoms with Crippen molar-refractivity contribution in [3.05, 3.63) is 0 Å². The van der Waals surface area contributed by atoms with Gasteiger partial charge in [0.25, 0.3) is 0 Å². The number of rotatable bonds is 1. The molecule has 3 aliphatic heterocycles. The van der Waals surface area contributed by atoms with Gasteiger partial charge in [-0.3, -0.25) is 9.80 Å². The van der Waals surface area contributed by atoms with Crippen LogP contribution in [0, 0.1) is 5.41 Å². The Labute approximate surface area is 118 Å².